The lowest BCUT2D eigenvalue weighted by molar-refractivity contribution is -0.133. The van der Waals surface area contributed by atoms with Crippen LogP contribution in [0.2, 0.25) is 0 Å². The van der Waals surface area contributed by atoms with Gasteiger partial charge >= 0.3 is 0 Å². The number of ether oxygens (including phenoxy) is 1. The highest BCUT2D eigenvalue weighted by Crippen LogP contribution is 2.32. The molecule has 194 valence electrons. The maximum Gasteiger partial charge on any atom is 0.287 e. The van der Waals surface area contributed by atoms with Crippen LogP contribution in [0.3, 0.4) is 0 Å². The summed E-state index contributed by atoms with van der Waals surface area (Å²) in [5, 5.41) is 6.80. The molecule has 0 bridgehead atoms. The van der Waals surface area contributed by atoms with Crippen LogP contribution in [-0.4, -0.2) is 48.9 Å². The highest BCUT2D eigenvalue weighted by atomic mass is 16.5. The third-order valence-corrected chi connectivity index (χ3v) is 7.38. The summed E-state index contributed by atoms with van der Waals surface area (Å²) < 4.78 is 11.5. The van der Waals surface area contributed by atoms with Crippen LogP contribution in [0.1, 0.15) is 56.0 Å². The number of ketones is 1. The number of fused-ring (bicyclic) bond motifs is 1. The van der Waals surface area contributed by atoms with E-state index in [0.29, 0.717) is 38.0 Å². The maximum absolute atomic E-state index is 13.6. The molecule has 2 heterocycles. The van der Waals surface area contributed by atoms with Crippen molar-refractivity contribution in [2.75, 3.05) is 24.6 Å². The van der Waals surface area contributed by atoms with Crippen molar-refractivity contribution in [2.24, 2.45) is 0 Å². The zero-order valence-electron chi connectivity index (χ0n) is 21.1. The predicted octanol–water partition coefficient (Wildman–Crippen LogP) is 4.23. The molecule has 3 aromatic rings. The van der Waals surface area contributed by atoms with E-state index in [1.807, 2.05) is 54.3 Å². The Morgan fingerprint density at radius 3 is 2.59 bits per heavy atom. The standard InChI is InChI=1S/C29H33N3O5/c1-2-36-25-13-7-5-11-22(25)32-17-14-21(23(33)19-32)30-28(35)29(15-8-3-9-16-29)31-27(34)26-18-20-10-4-6-12-24(20)37-26/h4-7,10-13,18,21H,2-3,8-9,14-17,19H2,1H3,(H,30,35)(H,31,34). The van der Waals surface area contributed by atoms with E-state index in [1.165, 1.54) is 0 Å². The second kappa shape index (κ2) is 10.7. The molecule has 1 atom stereocenters. The number of hydrogen-bond donors (Lipinski definition) is 2. The quantitative estimate of drug-likeness (QED) is 0.501. The first kappa shape index (κ1) is 24.9. The van der Waals surface area contributed by atoms with Crippen LogP contribution >= 0.6 is 0 Å². The number of rotatable bonds is 7. The summed E-state index contributed by atoms with van der Waals surface area (Å²) in [6.07, 6.45) is 4.20. The van der Waals surface area contributed by atoms with Gasteiger partial charge in [-0.2, -0.15) is 0 Å². The molecule has 1 aromatic heterocycles. The number of hydrogen-bond acceptors (Lipinski definition) is 6. The van der Waals surface area contributed by atoms with Gasteiger partial charge in [-0.3, -0.25) is 14.4 Å². The molecule has 1 unspecified atom stereocenters. The number of carbonyl (C=O) groups excluding carboxylic acids is 3. The summed E-state index contributed by atoms with van der Waals surface area (Å²) in [5.41, 5.74) is 0.440. The van der Waals surface area contributed by atoms with Gasteiger partial charge in [0.15, 0.2) is 11.5 Å². The van der Waals surface area contributed by atoms with Crippen LogP contribution in [-0.2, 0) is 9.59 Å². The van der Waals surface area contributed by atoms with Gasteiger partial charge in [-0.25, -0.2) is 0 Å². The summed E-state index contributed by atoms with van der Waals surface area (Å²) in [5.74, 6) is 0.159. The largest absolute Gasteiger partial charge is 0.492 e. The fourth-order valence-corrected chi connectivity index (χ4v) is 5.41. The summed E-state index contributed by atoms with van der Waals surface area (Å²) >= 11 is 0. The number of nitrogens with one attached hydrogen (secondary N) is 2. The Balaban J connectivity index is 1.28. The van der Waals surface area contributed by atoms with Gasteiger partial charge in [0.2, 0.25) is 5.91 Å². The molecule has 1 aliphatic carbocycles. The third kappa shape index (κ3) is 5.19. The van der Waals surface area contributed by atoms with Gasteiger partial charge in [-0.1, -0.05) is 49.6 Å². The number of carbonyl (C=O) groups is 3. The Labute approximate surface area is 216 Å². The highest BCUT2D eigenvalue weighted by Gasteiger charge is 2.43. The summed E-state index contributed by atoms with van der Waals surface area (Å²) in [6, 6.07) is 16.2. The van der Waals surface area contributed by atoms with Crippen molar-refractivity contribution < 1.29 is 23.5 Å². The minimum atomic E-state index is -1.06. The molecule has 2 amide bonds. The predicted molar refractivity (Wildman–Crippen MR) is 141 cm³/mol. The molecule has 1 saturated carbocycles. The Hall–Kier alpha value is -3.81. The Kier molecular flexibility index (Phi) is 7.17. The van der Waals surface area contributed by atoms with E-state index in [9.17, 15) is 14.4 Å². The minimum absolute atomic E-state index is 0.0551. The van der Waals surface area contributed by atoms with Crippen LogP contribution in [0.15, 0.2) is 59.0 Å². The van der Waals surface area contributed by atoms with E-state index in [2.05, 4.69) is 10.6 Å². The van der Waals surface area contributed by atoms with Crippen LogP contribution in [0.5, 0.6) is 5.75 Å². The van der Waals surface area contributed by atoms with E-state index in [-0.39, 0.29) is 24.0 Å². The molecular formula is C29H33N3O5. The first-order valence-electron chi connectivity index (χ1n) is 13.1. The van der Waals surface area contributed by atoms with Gasteiger partial charge < -0.3 is 24.7 Å². The van der Waals surface area contributed by atoms with Crippen molar-refractivity contribution in [1.82, 2.24) is 10.6 Å². The molecule has 2 fully saturated rings. The molecule has 37 heavy (non-hydrogen) atoms. The monoisotopic (exact) mass is 503 g/mol. The van der Waals surface area contributed by atoms with E-state index in [1.54, 1.807) is 12.1 Å². The summed E-state index contributed by atoms with van der Waals surface area (Å²) in [4.78, 5) is 41.9. The smallest absolute Gasteiger partial charge is 0.287 e. The number of amides is 2. The van der Waals surface area contributed by atoms with Crippen molar-refractivity contribution in [3.63, 3.8) is 0 Å². The number of piperidine rings is 1. The first-order chi connectivity index (χ1) is 18.0. The van der Waals surface area contributed by atoms with Crippen molar-refractivity contribution in [3.05, 3.63) is 60.4 Å². The Morgan fingerprint density at radius 1 is 1.08 bits per heavy atom. The van der Waals surface area contributed by atoms with Crippen molar-refractivity contribution in [1.29, 1.82) is 0 Å². The number of Topliss-reactive ketones (excluding diaryl/α,β-unsaturated/α-hetero) is 1. The second-order valence-corrected chi connectivity index (χ2v) is 9.85. The lowest BCUT2D eigenvalue weighted by Crippen LogP contribution is -2.63. The average molecular weight is 504 g/mol. The fourth-order valence-electron chi connectivity index (χ4n) is 5.41. The van der Waals surface area contributed by atoms with E-state index in [4.69, 9.17) is 9.15 Å². The number of para-hydroxylation sites is 3. The van der Waals surface area contributed by atoms with E-state index < -0.39 is 17.5 Å². The molecule has 5 rings (SSSR count). The molecule has 1 aliphatic heterocycles. The van der Waals surface area contributed by atoms with Gasteiger partial charge in [0.25, 0.3) is 5.91 Å². The van der Waals surface area contributed by atoms with Gasteiger partial charge in [0, 0.05) is 11.9 Å². The van der Waals surface area contributed by atoms with Crippen molar-refractivity contribution in [2.45, 2.75) is 57.0 Å². The maximum atomic E-state index is 13.6. The normalized spacial score (nSPS) is 19.4. The Morgan fingerprint density at radius 2 is 1.84 bits per heavy atom. The number of nitrogens with zero attached hydrogens (tertiary/aromatic N) is 1. The zero-order chi connectivity index (χ0) is 25.8. The van der Waals surface area contributed by atoms with Crippen molar-refractivity contribution in [3.8, 4) is 5.75 Å². The van der Waals surface area contributed by atoms with Crippen LogP contribution in [0.25, 0.3) is 11.0 Å². The first-order valence-corrected chi connectivity index (χ1v) is 13.1. The minimum Gasteiger partial charge on any atom is -0.492 e. The number of furan rings is 1. The number of benzene rings is 2. The van der Waals surface area contributed by atoms with E-state index in [0.717, 1.165) is 36.1 Å². The van der Waals surface area contributed by atoms with Crippen LogP contribution in [0.4, 0.5) is 5.69 Å². The molecule has 0 spiro atoms. The molecule has 2 aromatic carbocycles. The molecule has 8 nitrogen and oxygen atoms in total. The van der Waals surface area contributed by atoms with Crippen molar-refractivity contribution >= 4 is 34.3 Å². The van der Waals surface area contributed by atoms with E-state index >= 15 is 0 Å². The summed E-state index contributed by atoms with van der Waals surface area (Å²) in [6.45, 7) is 3.27. The second-order valence-electron chi connectivity index (χ2n) is 9.85. The Bertz CT molecular complexity index is 1260. The van der Waals surface area contributed by atoms with Gasteiger partial charge in [0.05, 0.1) is 24.9 Å². The van der Waals surface area contributed by atoms with Crippen LogP contribution < -0.4 is 20.3 Å². The summed E-state index contributed by atoms with van der Waals surface area (Å²) in [7, 11) is 0. The average Bonchev–Trinajstić information content (AvgIpc) is 3.36. The fraction of sp³-hybridized carbons (Fsp3) is 0.414. The van der Waals surface area contributed by atoms with Gasteiger partial charge in [-0.15, -0.1) is 0 Å². The lowest BCUT2D eigenvalue weighted by atomic mass is 9.80. The molecular weight excluding hydrogens is 470 g/mol. The van der Waals surface area contributed by atoms with Gasteiger partial charge in [0.1, 0.15) is 16.9 Å². The number of anilines is 1. The molecule has 0 radical (unpaired) electrons. The highest BCUT2D eigenvalue weighted by molar-refractivity contribution is 6.01. The lowest BCUT2D eigenvalue weighted by Gasteiger charge is -2.39. The molecule has 8 heteroatoms. The SMILES string of the molecule is CCOc1ccccc1N1CCC(NC(=O)C2(NC(=O)c3cc4ccccc4o3)CCCCC2)C(=O)C1. The third-order valence-electron chi connectivity index (χ3n) is 7.38. The molecule has 1 saturated heterocycles. The van der Waals surface area contributed by atoms with Crippen LogP contribution in [0, 0.1) is 0 Å². The zero-order valence-corrected chi connectivity index (χ0v) is 21.1. The molecule has 2 aliphatic rings. The molecule has 2 N–H and O–H groups in total. The topological polar surface area (TPSA) is 101 Å². The van der Waals surface area contributed by atoms with Gasteiger partial charge in [-0.05, 0) is 50.5 Å².